The molecule has 0 saturated carbocycles. The van der Waals surface area contributed by atoms with Crippen LogP contribution in [0, 0.1) is 0 Å². The van der Waals surface area contributed by atoms with Gasteiger partial charge in [0.1, 0.15) is 0 Å². The highest BCUT2D eigenvalue weighted by atomic mass is 127. The third kappa shape index (κ3) is 9.38. The Morgan fingerprint density at radius 3 is 2.30 bits per heavy atom. The molecule has 0 bridgehead atoms. The maximum absolute atomic E-state index is 11.5. The van der Waals surface area contributed by atoms with Crippen LogP contribution in [0.1, 0.15) is 45.6 Å². The van der Waals surface area contributed by atoms with Crippen LogP contribution in [0.25, 0.3) is 0 Å². The van der Waals surface area contributed by atoms with Crippen LogP contribution in [0.15, 0.2) is 29.3 Å². The molecule has 1 saturated heterocycles. The Morgan fingerprint density at radius 1 is 1.17 bits per heavy atom. The topological polar surface area (TPSA) is 77.0 Å². The van der Waals surface area contributed by atoms with Crippen molar-refractivity contribution in [2.24, 2.45) is 4.99 Å². The van der Waals surface area contributed by atoms with Crippen molar-refractivity contribution < 1.29 is 8.42 Å². The second kappa shape index (κ2) is 12.1. The number of anilines is 1. The predicted molar refractivity (Wildman–Crippen MR) is 137 cm³/mol. The predicted octanol–water partition coefficient (Wildman–Crippen LogP) is 3.02. The van der Waals surface area contributed by atoms with Crippen molar-refractivity contribution in [3.05, 3.63) is 29.8 Å². The molecular weight excluding hydrogens is 513 g/mol. The lowest BCUT2D eigenvalue weighted by Gasteiger charge is -2.29. The second-order valence-corrected chi connectivity index (χ2v) is 10.2. The Hall–Kier alpha value is -1.07. The summed E-state index contributed by atoms with van der Waals surface area (Å²) in [5.74, 6) is 0.760. The lowest BCUT2D eigenvalue weighted by molar-refractivity contribution is 0.446. The van der Waals surface area contributed by atoms with Gasteiger partial charge in [0.05, 0.1) is 12.8 Å². The fourth-order valence-corrected chi connectivity index (χ4v) is 4.66. The van der Waals surface area contributed by atoms with Crippen LogP contribution in [0.2, 0.25) is 0 Å². The Labute approximate surface area is 199 Å². The smallest absolute Gasteiger partial charge is 0.209 e. The number of sulfonamides is 1. The van der Waals surface area contributed by atoms with Crippen molar-refractivity contribution >= 4 is 45.6 Å². The van der Waals surface area contributed by atoms with Gasteiger partial charge in [-0.3, -0.25) is 4.99 Å². The van der Waals surface area contributed by atoms with Gasteiger partial charge in [-0.1, -0.05) is 12.1 Å². The number of nitrogens with zero attached hydrogens (tertiary/aromatic N) is 3. The number of nitrogens with one attached hydrogen (secondary N) is 2. The van der Waals surface area contributed by atoms with E-state index in [1.165, 1.54) is 36.8 Å². The first-order chi connectivity index (χ1) is 13.6. The molecule has 0 atom stereocenters. The lowest BCUT2D eigenvalue weighted by atomic mass is 10.1. The third-order valence-corrected chi connectivity index (χ3v) is 5.78. The zero-order valence-electron chi connectivity index (χ0n) is 18.9. The molecule has 9 heteroatoms. The van der Waals surface area contributed by atoms with Crippen LogP contribution in [0.3, 0.4) is 0 Å². The van der Waals surface area contributed by atoms with E-state index < -0.39 is 15.6 Å². The highest BCUT2D eigenvalue weighted by Crippen LogP contribution is 2.20. The molecule has 2 rings (SSSR count). The Balaban J connectivity index is 0.00000450. The summed E-state index contributed by atoms with van der Waals surface area (Å²) in [5, 5.41) is 3.29. The fraction of sp³-hybridized carbons (Fsp3) is 0.667. The van der Waals surface area contributed by atoms with E-state index in [0.717, 1.165) is 32.1 Å². The zero-order valence-corrected chi connectivity index (χ0v) is 22.1. The van der Waals surface area contributed by atoms with E-state index in [2.05, 4.69) is 49.1 Å². The number of hydrogen-bond acceptors (Lipinski definition) is 4. The van der Waals surface area contributed by atoms with E-state index in [9.17, 15) is 8.42 Å². The minimum atomic E-state index is -3.28. The van der Waals surface area contributed by atoms with Gasteiger partial charge >= 0.3 is 0 Å². The molecule has 0 radical (unpaired) electrons. The molecule has 0 aliphatic carbocycles. The number of benzene rings is 1. The van der Waals surface area contributed by atoms with Crippen molar-refractivity contribution in [2.75, 3.05) is 44.4 Å². The number of halogens is 1. The first-order valence-corrected chi connectivity index (χ1v) is 12.3. The number of piperidine rings is 1. The monoisotopic (exact) mass is 551 g/mol. The summed E-state index contributed by atoms with van der Waals surface area (Å²) in [5.41, 5.74) is 1.86. The van der Waals surface area contributed by atoms with E-state index in [4.69, 9.17) is 0 Å². The molecule has 0 aromatic heterocycles. The van der Waals surface area contributed by atoms with E-state index in [-0.39, 0.29) is 24.0 Å². The molecule has 0 unspecified atom stereocenters. The average molecular weight is 552 g/mol. The Bertz CT molecular complexity index is 775. The number of hydrogen-bond donors (Lipinski definition) is 2. The van der Waals surface area contributed by atoms with Crippen molar-refractivity contribution in [3.63, 3.8) is 0 Å². The van der Waals surface area contributed by atoms with Crippen LogP contribution in [0.4, 0.5) is 5.69 Å². The summed E-state index contributed by atoms with van der Waals surface area (Å²) < 4.78 is 25.7. The molecule has 1 aromatic carbocycles. The minimum Gasteiger partial charge on any atom is -0.372 e. The first-order valence-electron chi connectivity index (χ1n) is 10.4. The van der Waals surface area contributed by atoms with Crippen molar-refractivity contribution in [1.29, 1.82) is 0 Å². The fourth-order valence-electron chi connectivity index (χ4n) is 3.59. The normalized spacial score (nSPS) is 15.5. The summed E-state index contributed by atoms with van der Waals surface area (Å²) in [7, 11) is -1.28. The van der Waals surface area contributed by atoms with E-state index >= 15 is 0 Å². The van der Waals surface area contributed by atoms with Crippen molar-refractivity contribution in [3.8, 4) is 0 Å². The summed E-state index contributed by atoms with van der Waals surface area (Å²) in [6.07, 6.45) is 5.06. The maximum atomic E-state index is 11.5. The van der Waals surface area contributed by atoms with Crippen LogP contribution in [-0.4, -0.2) is 64.3 Å². The zero-order chi connectivity index (χ0) is 21.5. The highest BCUT2D eigenvalue weighted by molar-refractivity contribution is 14.0. The molecule has 7 nitrogen and oxygen atoms in total. The number of guanidine groups is 1. The van der Waals surface area contributed by atoms with Crippen LogP contribution in [-0.2, 0) is 16.6 Å². The molecule has 30 heavy (non-hydrogen) atoms. The van der Waals surface area contributed by atoms with Gasteiger partial charge in [0.15, 0.2) is 5.96 Å². The van der Waals surface area contributed by atoms with Gasteiger partial charge < -0.3 is 15.1 Å². The SMILES string of the molecule is CCNC(=NCC(C)(C)NS(C)(=O)=O)N(C)Cc1ccc(N2CCCCC2)cc1.I. The third-order valence-electron chi connectivity index (χ3n) is 4.86. The minimum absolute atomic E-state index is 0. The summed E-state index contributed by atoms with van der Waals surface area (Å²) >= 11 is 0. The van der Waals surface area contributed by atoms with Crippen LogP contribution >= 0.6 is 24.0 Å². The molecule has 0 amide bonds. The maximum Gasteiger partial charge on any atom is 0.209 e. The lowest BCUT2D eigenvalue weighted by Crippen LogP contribution is -2.46. The Kier molecular flexibility index (Phi) is 10.9. The van der Waals surface area contributed by atoms with Crippen molar-refractivity contribution in [1.82, 2.24) is 14.9 Å². The van der Waals surface area contributed by atoms with Gasteiger partial charge in [0.2, 0.25) is 10.0 Å². The van der Waals surface area contributed by atoms with Crippen LogP contribution in [0.5, 0.6) is 0 Å². The molecule has 172 valence electrons. The molecule has 1 heterocycles. The van der Waals surface area contributed by atoms with Crippen LogP contribution < -0.4 is 14.9 Å². The average Bonchev–Trinajstić information content (AvgIpc) is 2.64. The highest BCUT2D eigenvalue weighted by Gasteiger charge is 2.22. The first kappa shape index (κ1) is 27.0. The molecule has 1 fully saturated rings. The Morgan fingerprint density at radius 2 is 1.77 bits per heavy atom. The second-order valence-electron chi connectivity index (χ2n) is 8.50. The summed E-state index contributed by atoms with van der Waals surface area (Å²) in [4.78, 5) is 9.18. The quantitative estimate of drug-likeness (QED) is 0.295. The largest absolute Gasteiger partial charge is 0.372 e. The van der Waals surface area contributed by atoms with Gasteiger partial charge in [0, 0.05) is 44.5 Å². The standard InChI is InChI=1S/C21H37N5O2S.HI/c1-6-22-20(23-17-21(2,3)24-29(5,27)28)25(4)16-18-10-12-19(13-11-18)26-14-8-7-9-15-26;/h10-13,24H,6-9,14-17H2,1-5H3,(H,22,23);1H. The van der Waals surface area contributed by atoms with Gasteiger partial charge in [-0.25, -0.2) is 13.1 Å². The van der Waals surface area contributed by atoms with Gasteiger partial charge in [-0.2, -0.15) is 0 Å². The van der Waals surface area contributed by atoms with E-state index in [1.54, 1.807) is 0 Å². The molecule has 1 aromatic rings. The molecule has 0 spiro atoms. The number of rotatable bonds is 8. The van der Waals surface area contributed by atoms with Gasteiger partial charge in [0.25, 0.3) is 0 Å². The summed E-state index contributed by atoms with van der Waals surface area (Å²) in [6.45, 7) is 9.81. The van der Waals surface area contributed by atoms with E-state index in [1.807, 2.05) is 27.8 Å². The molecular formula is C21H38IN5O2S. The van der Waals surface area contributed by atoms with Gasteiger partial charge in [-0.05, 0) is 57.7 Å². The molecule has 1 aliphatic rings. The van der Waals surface area contributed by atoms with Gasteiger partial charge in [-0.15, -0.1) is 24.0 Å². The number of aliphatic imine (C=N–C) groups is 1. The van der Waals surface area contributed by atoms with E-state index in [0.29, 0.717) is 6.54 Å². The molecule has 1 aliphatic heterocycles. The summed E-state index contributed by atoms with van der Waals surface area (Å²) in [6, 6.07) is 8.77. The molecule has 2 N–H and O–H groups in total. The van der Waals surface area contributed by atoms with Crippen molar-refractivity contribution in [2.45, 2.75) is 52.1 Å².